The van der Waals surface area contributed by atoms with Crippen molar-refractivity contribution in [2.45, 2.75) is 39.0 Å². The molecule has 8 heteroatoms. The summed E-state index contributed by atoms with van der Waals surface area (Å²) in [4.78, 5) is 26.2. The minimum Gasteiger partial charge on any atom is -0.494 e. The molecule has 1 heterocycles. The molecule has 0 aliphatic carbocycles. The molecular weight excluding hydrogens is 409 g/mol. The highest BCUT2D eigenvalue weighted by Crippen LogP contribution is 2.30. The molecule has 1 fully saturated rings. The van der Waals surface area contributed by atoms with Crippen LogP contribution in [0, 0.1) is 5.92 Å². The predicted molar refractivity (Wildman–Crippen MR) is 109 cm³/mol. The van der Waals surface area contributed by atoms with Crippen LogP contribution < -0.4 is 10.1 Å². The third-order valence-electron chi connectivity index (χ3n) is 5.08. The molecular formula is C23H25F3N2O3. The van der Waals surface area contributed by atoms with E-state index in [4.69, 9.17) is 4.74 Å². The second kappa shape index (κ2) is 9.85. The fraction of sp³-hybridized carbons (Fsp3) is 0.391. The smallest absolute Gasteiger partial charge is 0.416 e. The van der Waals surface area contributed by atoms with Crippen molar-refractivity contribution >= 4 is 11.8 Å². The summed E-state index contributed by atoms with van der Waals surface area (Å²) in [5.74, 6) is -0.241. The lowest BCUT2D eigenvalue weighted by Gasteiger charge is -2.18. The summed E-state index contributed by atoms with van der Waals surface area (Å²) in [5, 5.41) is 2.83. The van der Waals surface area contributed by atoms with Gasteiger partial charge >= 0.3 is 6.18 Å². The first kappa shape index (κ1) is 22.7. The number of likely N-dealkylation sites (tertiary alicyclic amines) is 1. The molecule has 0 saturated carbocycles. The van der Waals surface area contributed by atoms with Gasteiger partial charge in [0, 0.05) is 26.1 Å². The van der Waals surface area contributed by atoms with Gasteiger partial charge in [0.25, 0.3) is 0 Å². The monoisotopic (exact) mass is 434 g/mol. The minimum absolute atomic E-state index is 0.0474. The number of nitrogens with one attached hydrogen (secondary N) is 1. The first-order valence-electron chi connectivity index (χ1n) is 10.2. The first-order chi connectivity index (χ1) is 14.8. The normalized spacial score (nSPS) is 16.5. The molecule has 166 valence electrons. The van der Waals surface area contributed by atoms with Gasteiger partial charge in [0.1, 0.15) is 5.75 Å². The number of hydrogen-bond acceptors (Lipinski definition) is 3. The highest BCUT2D eigenvalue weighted by molar-refractivity contribution is 5.89. The zero-order valence-corrected chi connectivity index (χ0v) is 17.2. The van der Waals surface area contributed by atoms with E-state index < -0.39 is 17.7 Å². The van der Waals surface area contributed by atoms with E-state index in [1.807, 2.05) is 31.2 Å². The lowest BCUT2D eigenvalue weighted by molar-refractivity contribution is -0.137. The number of ether oxygens (including phenoxy) is 1. The van der Waals surface area contributed by atoms with Gasteiger partial charge in [-0.05, 0) is 41.8 Å². The van der Waals surface area contributed by atoms with Crippen LogP contribution in [0.25, 0.3) is 0 Å². The van der Waals surface area contributed by atoms with Crippen LogP contribution in [-0.4, -0.2) is 29.9 Å². The van der Waals surface area contributed by atoms with Crippen molar-refractivity contribution in [3.05, 3.63) is 65.2 Å². The van der Waals surface area contributed by atoms with Gasteiger partial charge in [0.05, 0.1) is 18.1 Å². The van der Waals surface area contributed by atoms with Crippen molar-refractivity contribution in [2.75, 3.05) is 13.2 Å². The molecule has 31 heavy (non-hydrogen) atoms. The number of alkyl halides is 3. The molecule has 1 N–H and O–H groups in total. The third kappa shape index (κ3) is 6.23. The fourth-order valence-corrected chi connectivity index (χ4v) is 3.42. The Hall–Kier alpha value is -3.03. The Labute approximate surface area is 179 Å². The summed E-state index contributed by atoms with van der Waals surface area (Å²) in [6, 6.07) is 12.3. The summed E-state index contributed by atoms with van der Waals surface area (Å²) >= 11 is 0. The molecule has 1 saturated heterocycles. The van der Waals surface area contributed by atoms with E-state index >= 15 is 0 Å². The van der Waals surface area contributed by atoms with Gasteiger partial charge in [-0.2, -0.15) is 13.2 Å². The molecule has 0 spiro atoms. The van der Waals surface area contributed by atoms with Crippen LogP contribution in [0.5, 0.6) is 5.75 Å². The quantitative estimate of drug-likeness (QED) is 0.679. The van der Waals surface area contributed by atoms with Crippen LogP contribution in [0.1, 0.15) is 36.5 Å². The highest BCUT2D eigenvalue weighted by atomic mass is 19.4. The molecule has 3 rings (SSSR count). The van der Waals surface area contributed by atoms with Gasteiger partial charge in [-0.3, -0.25) is 9.59 Å². The summed E-state index contributed by atoms with van der Waals surface area (Å²) in [6.45, 7) is 3.23. The van der Waals surface area contributed by atoms with Crippen molar-refractivity contribution in [3.8, 4) is 5.75 Å². The molecule has 1 aliphatic heterocycles. The highest BCUT2D eigenvalue weighted by Gasteiger charge is 2.35. The van der Waals surface area contributed by atoms with Gasteiger partial charge in [0.15, 0.2) is 0 Å². The molecule has 0 bridgehead atoms. The zero-order valence-electron chi connectivity index (χ0n) is 17.2. The van der Waals surface area contributed by atoms with Gasteiger partial charge in [-0.1, -0.05) is 31.2 Å². The number of nitrogens with zero attached hydrogens (tertiary/aromatic N) is 1. The summed E-state index contributed by atoms with van der Waals surface area (Å²) in [5.41, 5.74) is 0.536. The maximum absolute atomic E-state index is 12.9. The van der Waals surface area contributed by atoms with Gasteiger partial charge in [0.2, 0.25) is 11.8 Å². The van der Waals surface area contributed by atoms with Crippen molar-refractivity contribution in [3.63, 3.8) is 0 Å². The standard InChI is InChI=1S/C23H25F3N2O3/c1-2-10-31-20-8-6-16(7-9-20)13-27-22(30)18-12-21(29)28(15-18)14-17-4-3-5-19(11-17)23(24,25)26/h3-9,11,18H,2,10,12-15H2,1H3,(H,27,30). The van der Waals surface area contributed by atoms with E-state index in [9.17, 15) is 22.8 Å². The molecule has 1 atom stereocenters. The SMILES string of the molecule is CCCOc1ccc(CNC(=O)C2CC(=O)N(Cc3cccc(C(F)(F)F)c3)C2)cc1. The molecule has 2 aromatic carbocycles. The summed E-state index contributed by atoms with van der Waals surface area (Å²) < 4.78 is 44.2. The van der Waals surface area contributed by atoms with Gasteiger partial charge in [-0.15, -0.1) is 0 Å². The lowest BCUT2D eigenvalue weighted by atomic mass is 10.1. The molecule has 0 aromatic heterocycles. The number of carbonyl (C=O) groups excluding carboxylic acids is 2. The average molecular weight is 434 g/mol. The van der Waals surface area contributed by atoms with Crippen LogP contribution in [0.15, 0.2) is 48.5 Å². The molecule has 1 unspecified atom stereocenters. The third-order valence-corrected chi connectivity index (χ3v) is 5.08. The number of halogens is 3. The molecule has 2 amide bonds. The van der Waals surface area contributed by atoms with Gasteiger partial charge < -0.3 is 15.0 Å². The Morgan fingerprint density at radius 3 is 2.58 bits per heavy atom. The van der Waals surface area contributed by atoms with E-state index in [0.29, 0.717) is 18.7 Å². The molecule has 1 aliphatic rings. The average Bonchev–Trinajstić information content (AvgIpc) is 3.11. The fourth-order valence-electron chi connectivity index (χ4n) is 3.42. The maximum Gasteiger partial charge on any atom is 0.416 e. The Morgan fingerprint density at radius 2 is 1.90 bits per heavy atom. The van der Waals surface area contributed by atoms with E-state index in [-0.39, 0.29) is 31.3 Å². The number of amides is 2. The summed E-state index contributed by atoms with van der Waals surface area (Å²) in [6.07, 6.45) is -3.47. The topological polar surface area (TPSA) is 58.6 Å². The largest absolute Gasteiger partial charge is 0.494 e. The second-order valence-electron chi connectivity index (χ2n) is 7.58. The van der Waals surface area contributed by atoms with E-state index in [1.165, 1.54) is 11.0 Å². The van der Waals surface area contributed by atoms with Gasteiger partial charge in [-0.25, -0.2) is 0 Å². The lowest BCUT2D eigenvalue weighted by Crippen LogP contribution is -2.32. The number of hydrogen-bond donors (Lipinski definition) is 1. The van der Waals surface area contributed by atoms with E-state index in [1.54, 1.807) is 6.07 Å². The Morgan fingerprint density at radius 1 is 1.16 bits per heavy atom. The van der Waals surface area contributed by atoms with Crippen molar-refractivity contribution in [2.24, 2.45) is 5.92 Å². The first-order valence-corrected chi connectivity index (χ1v) is 10.2. The van der Waals surface area contributed by atoms with Crippen LogP contribution in [-0.2, 0) is 28.9 Å². The summed E-state index contributed by atoms with van der Waals surface area (Å²) in [7, 11) is 0. The van der Waals surface area contributed by atoms with Crippen LogP contribution >= 0.6 is 0 Å². The second-order valence-corrected chi connectivity index (χ2v) is 7.58. The number of benzene rings is 2. The predicted octanol–water partition coefficient (Wildman–Crippen LogP) is 4.16. The number of carbonyl (C=O) groups is 2. The van der Waals surface area contributed by atoms with E-state index in [0.717, 1.165) is 29.9 Å². The Balaban J connectivity index is 1.52. The Kier molecular flexibility index (Phi) is 7.20. The van der Waals surface area contributed by atoms with Crippen molar-refractivity contribution in [1.29, 1.82) is 0 Å². The maximum atomic E-state index is 12.9. The van der Waals surface area contributed by atoms with Crippen LogP contribution in [0.2, 0.25) is 0 Å². The van der Waals surface area contributed by atoms with E-state index in [2.05, 4.69) is 5.32 Å². The zero-order chi connectivity index (χ0) is 22.4. The number of rotatable bonds is 8. The molecule has 0 radical (unpaired) electrons. The Bertz CT molecular complexity index is 913. The van der Waals surface area contributed by atoms with Crippen LogP contribution in [0.3, 0.4) is 0 Å². The minimum atomic E-state index is -4.44. The molecule has 5 nitrogen and oxygen atoms in total. The van der Waals surface area contributed by atoms with Crippen molar-refractivity contribution in [1.82, 2.24) is 10.2 Å². The molecule has 2 aromatic rings. The van der Waals surface area contributed by atoms with Crippen LogP contribution in [0.4, 0.5) is 13.2 Å². The van der Waals surface area contributed by atoms with Crippen molar-refractivity contribution < 1.29 is 27.5 Å².